The molecule has 2 aromatic rings. The summed E-state index contributed by atoms with van der Waals surface area (Å²) in [7, 11) is 4.66. The summed E-state index contributed by atoms with van der Waals surface area (Å²) in [5, 5.41) is 13.8. The molecule has 0 aliphatic carbocycles. The van der Waals surface area contributed by atoms with Crippen molar-refractivity contribution < 1.29 is 19.2 Å². The molecule has 26 heavy (non-hydrogen) atoms. The van der Waals surface area contributed by atoms with Crippen LogP contribution in [0.4, 0.5) is 17.1 Å². The van der Waals surface area contributed by atoms with Crippen LogP contribution in [0.5, 0.6) is 0 Å². The molecule has 0 aromatic heterocycles. The Balaban J connectivity index is 2.42. The van der Waals surface area contributed by atoms with Gasteiger partial charge in [0.15, 0.2) is 0 Å². The molecule has 9 heteroatoms. The van der Waals surface area contributed by atoms with Gasteiger partial charge in [-0.3, -0.25) is 14.9 Å². The van der Waals surface area contributed by atoms with Crippen molar-refractivity contribution in [2.75, 3.05) is 31.4 Å². The smallest absolute Gasteiger partial charge is 0.337 e. The lowest BCUT2D eigenvalue weighted by Crippen LogP contribution is -2.19. The van der Waals surface area contributed by atoms with E-state index in [1.54, 1.807) is 19.0 Å². The zero-order chi connectivity index (χ0) is 19.4. The highest BCUT2D eigenvalue weighted by Gasteiger charge is 2.19. The third-order valence-electron chi connectivity index (χ3n) is 3.55. The average Bonchev–Trinajstić information content (AvgIpc) is 2.62. The molecule has 0 saturated heterocycles. The lowest BCUT2D eigenvalue weighted by Gasteiger charge is -2.17. The van der Waals surface area contributed by atoms with Crippen molar-refractivity contribution in [2.45, 2.75) is 0 Å². The van der Waals surface area contributed by atoms with Gasteiger partial charge in [0.25, 0.3) is 11.6 Å². The van der Waals surface area contributed by atoms with E-state index in [2.05, 4.69) is 10.1 Å². The minimum Gasteiger partial charge on any atom is -0.465 e. The van der Waals surface area contributed by atoms with Gasteiger partial charge in [-0.15, -0.1) is 0 Å². The first-order chi connectivity index (χ1) is 12.2. The van der Waals surface area contributed by atoms with Crippen LogP contribution in [-0.4, -0.2) is 38.0 Å². The van der Waals surface area contributed by atoms with Crippen LogP contribution in [0.25, 0.3) is 0 Å². The van der Waals surface area contributed by atoms with Crippen molar-refractivity contribution in [1.29, 1.82) is 0 Å². The number of hydrogen-bond acceptors (Lipinski definition) is 6. The van der Waals surface area contributed by atoms with Crippen LogP contribution in [-0.2, 0) is 4.74 Å². The average molecular weight is 378 g/mol. The number of rotatable bonds is 5. The topological polar surface area (TPSA) is 102 Å². The number of benzene rings is 2. The fourth-order valence-electron chi connectivity index (χ4n) is 2.26. The molecule has 0 bridgehead atoms. The Morgan fingerprint density at radius 3 is 2.46 bits per heavy atom. The highest BCUT2D eigenvalue weighted by Crippen LogP contribution is 2.28. The second kappa shape index (κ2) is 7.83. The lowest BCUT2D eigenvalue weighted by atomic mass is 10.1. The molecule has 0 fully saturated rings. The molecule has 0 aliphatic rings. The maximum Gasteiger partial charge on any atom is 0.337 e. The molecule has 8 nitrogen and oxygen atoms in total. The molecule has 0 atom stereocenters. The van der Waals surface area contributed by atoms with E-state index in [1.165, 1.54) is 43.5 Å². The number of ether oxygens (including phenoxy) is 1. The number of esters is 1. The molecule has 2 aromatic carbocycles. The second-order valence-electron chi connectivity index (χ2n) is 5.49. The Bertz CT molecular complexity index is 883. The van der Waals surface area contributed by atoms with Crippen molar-refractivity contribution in [3.63, 3.8) is 0 Å². The summed E-state index contributed by atoms with van der Waals surface area (Å²) in [5.41, 5.74) is 0.780. The molecule has 2 rings (SSSR count). The number of halogens is 1. The third kappa shape index (κ3) is 4.09. The fourth-order valence-corrected chi connectivity index (χ4v) is 2.43. The van der Waals surface area contributed by atoms with E-state index in [4.69, 9.17) is 11.6 Å². The van der Waals surface area contributed by atoms with E-state index < -0.39 is 16.8 Å². The maximum atomic E-state index is 12.7. The zero-order valence-corrected chi connectivity index (χ0v) is 15.0. The van der Waals surface area contributed by atoms with Gasteiger partial charge >= 0.3 is 5.97 Å². The Labute approximate surface area is 154 Å². The zero-order valence-electron chi connectivity index (χ0n) is 14.3. The van der Waals surface area contributed by atoms with Gasteiger partial charge in [-0.05, 0) is 24.3 Å². The second-order valence-corrected chi connectivity index (χ2v) is 5.90. The number of anilines is 2. The number of carbonyl (C=O) groups is 2. The number of carbonyl (C=O) groups excluding carboxylic acids is 2. The summed E-state index contributed by atoms with van der Waals surface area (Å²) in [6.07, 6.45) is 0. The van der Waals surface area contributed by atoms with Crippen molar-refractivity contribution in [3.05, 3.63) is 62.7 Å². The molecule has 1 amide bonds. The Morgan fingerprint density at radius 1 is 1.19 bits per heavy atom. The highest BCUT2D eigenvalue weighted by molar-refractivity contribution is 6.34. The number of hydrogen-bond donors (Lipinski definition) is 1. The first kappa shape index (κ1) is 19.2. The Kier molecular flexibility index (Phi) is 5.78. The Morgan fingerprint density at radius 2 is 1.88 bits per heavy atom. The number of non-ortho nitro benzene ring substituents is 1. The quantitative estimate of drug-likeness (QED) is 0.487. The first-order valence-corrected chi connectivity index (χ1v) is 7.77. The van der Waals surface area contributed by atoms with Gasteiger partial charge < -0.3 is 15.0 Å². The van der Waals surface area contributed by atoms with Gasteiger partial charge in [-0.2, -0.15) is 0 Å². The predicted molar refractivity (Wildman–Crippen MR) is 98.2 cm³/mol. The fraction of sp³-hybridized carbons (Fsp3) is 0.176. The van der Waals surface area contributed by atoms with Crippen LogP contribution in [0, 0.1) is 10.1 Å². The predicted octanol–water partition coefficient (Wildman–Crippen LogP) is 3.35. The molecule has 0 aliphatic heterocycles. The molecular weight excluding hydrogens is 362 g/mol. The van der Waals surface area contributed by atoms with Gasteiger partial charge in [0.2, 0.25) is 0 Å². The monoisotopic (exact) mass is 377 g/mol. The highest BCUT2D eigenvalue weighted by atomic mass is 35.5. The van der Waals surface area contributed by atoms with E-state index in [1.807, 2.05) is 0 Å². The molecule has 0 spiro atoms. The van der Waals surface area contributed by atoms with E-state index in [0.717, 1.165) is 0 Å². The van der Waals surface area contributed by atoms with Crippen LogP contribution in [0.3, 0.4) is 0 Å². The van der Waals surface area contributed by atoms with E-state index >= 15 is 0 Å². The van der Waals surface area contributed by atoms with Crippen LogP contribution in [0.15, 0.2) is 36.4 Å². The molecule has 0 heterocycles. The Hall–Kier alpha value is -3.13. The molecule has 0 radical (unpaired) electrons. The van der Waals surface area contributed by atoms with Crippen molar-refractivity contribution in [3.8, 4) is 0 Å². The molecule has 0 saturated carbocycles. The lowest BCUT2D eigenvalue weighted by molar-refractivity contribution is -0.384. The van der Waals surface area contributed by atoms with Gasteiger partial charge in [0, 0.05) is 31.9 Å². The van der Waals surface area contributed by atoms with Crippen LogP contribution in [0.2, 0.25) is 5.02 Å². The molecule has 0 unspecified atom stereocenters. The van der Waals surface area contributed by atoms with Crippen LogP contribution < -0.4 is 10.2 Å². The summed E-state index contributed by atoms with van der Waals surface area (Å²) in [6.45, 7) is 0. The van der Waals surface area contributed by atoms with Gasteiger partial charge in [0.05, 0.1) is 33.9 Å². The molecule has 1 N–H and O–H groups in total. The van der Waals surface area contributed by atoms with Gasteiger partial charge in [-0.1, -0.05) is 11.6 Å². The number of methoxy groups -OCH3 is 1. The van der Waals surface area contributed by atoms with Crippen LogP contribution >= 0.6 is 11.6 Å². The summed E-state index contributed by atoms with van der Waals surface area (Å²) in [4.78, 5) is 36.4. The minimum atomic E-state index is -0.596. The van der Waals surface area contributed by atoms with Crippen molar-refractivity contribution in [2.24, 2.45) is 0 Å². The van der Waals surface area contributed by atoms with Crippen LogP contribution in [0.1, 0.15) is 20.7 Å². The normalized spacial score (nSPS) is 10.2. The SMILES string of the molecule is COC(=O)c1ccc(Cl)c(NC(=O)c2cc([N+](=O)[O-])ccc2N(C)C)c1. The number of amides is 1. The maximum absolute atomic E-state index is 12.7. The van der Waals surface area contributed by atoms with Crippen molar-refractivity contribution >= 4 is 40.5 Å². The summed E-state index contributed by atoms with van der Waals surface area (Å²) >= 11 is 6.07. The largest absolute Gasteiger partial charge is 0.465 e. The summed E-state index contributed by atoms with van der Waals surface area (Å²) < 4.78 is 4.64. The third-order valence-corrected chi connectivity index (χ3v) is 3.88. The standard InChI is InChI=1S/C17H16ClN3O5/c1-20(2)15-7-5-11(21(24)25)9-12(15)16(22)19-14-8-10(17(23)26-3)4-6-13(14)18/h4-9H,1-3H3,(H,19,22). The summed E-state index contributed by atoms with van der Waals surface area (Å²) in [6, 6.07) is 8.27. The number of nitrogens with one attached hydrogen (secondary N) is 1. The number of nitro groups is 1. The minimum absolute atomic E-state index is 0.101. The van der Waals surface area contributed by atoms with E-state index in [-0.39, 0.29) is 27.5 Å². The van der Waals surface area contributed by atoms with Gasteiger partial charge in [0.1, 0.15) is 0 Å². The summed E-state index contributed by atoms with van der Waals surface area (Å²) in [5.74, 6) is -1.18. The van der Waals surface area contributed by atoms with Gasteiger partial charge in [-0.25, -0.2) is 4.79 Å². The van der Waals surface area contributed by atoms with E-state index in [9.17, 15) is 19.7 Å². The number of nitrogens with zero attached hydrogens (tertiary/aromatic N) is 2. The number of nitro benzene ring substituents is 1. The molecular formula is C17H16ClN3O5. The van der Waals surface area contributed by atoms with E-state index in [0.29, 0.717) is 5.69 Å². The first-order valence-electron chi connectivity index (χ1n) is 7.39. The molecule has 136 valence electrons. The van der Waals surface area contributed by atoms with Crippen molar-refractivity contribution in [1.82, 2.24) is 0 Å².